The van der Waals surface area contributed by atoms with E-state index in [-0.39, 0.29) is 40.1 Å². The van der Waals surface area contributed by atoms with Crippen molar-refractivity contribution in [1.82, 2.24) is 19.6 Å². The highest BCUT2D eigenvalue weighted by Gasteiger charge is 2.49. The van der Waals surface area contributed by atoms with Gasteiger partial charge in [0, 0.05) is 67.7 Å². The fourth-order valence-electron chi connectivity index (χ4n) is 12.0. The molecule has 4 N–H and O–H groups in total. The summed E-state index contributed by atoms with van der Waals surface area (Å²) in [6, 6.07) is 19.8. The number of anilines is 2. The van der Waals surface area contributed by atoms with Gasteiger partial charge in [-0.2, -0.15) is 9.37 Å². The Morgan fingerprint density at radius 2 is 1.75 bits per heavy atom. The second-order valence-electron chi connectivity index (χ2n) is 20.5. The third-order valence-electron chi connectivity index (χ3n) is 15.8. The number of aromatic nitrogens is 2. The van der Waals surface area contributed by atoms with E-state index in [1.807, 2.05) is 6.92 Å². The number of likely N-dealkylation sites (tertiary alicyclic amines) is 1. The predicted octanol–water partition coefficient (Wildman–Crippen LogP) is 9.55. The van der Waals surface area contributed by atoms with Crippen LogP contribution in [0.15, 0.2) is 77.8 Å². The van der Waals surface area contributed by atoms with Crippen LogP contribution in [0.2, 0.25) is 0 Å². The van der Waals surface area contributed by atoms with E-state index in [0.29, 0.717) is 60.2 Å². The zero-order chi connectivity index (χ0) is 46.8. The van der Waals surface area contributed by atoms with Crippen molar-refractivity contribution in [2.75, 3.05) is 36.4 Å². The van der Waals surface area contributed by atoms with E-state index in [4.69, 9.17) is 4.74 Å². The number of nitrogens with one attached hydrogen (secondary N) is 3. The van der Waals surface area contributed by atoms with Crippen molar-refractivity contribution in [2.45, 2.75) is 126 Å². The Kier molecular flexibility index (Phi) is 11.8. The molecule has 0 bridgehead atoms. The van der Waals surface area contributed by atoms with E-state index in [1.165, 1.54) is 48.6 Å². The highest BCUT2D eigenvalue weighted by molar-refractivity contribution is 7.90. The van der Waals surface area contributed by atoms with Gasteiger partial charge in [-0.15, -0.1) is 0 Å². The monoisotopic (exact) mass is 933 g/mol. The minimum atomic E-state index is -4.66. The summed E-state index contributed by atoms with van der Waals surface area (Å²) < 4.78 is 51.8. The predicted molar refractivity (Wildman–Crippen MR) is 255 cm³/mol. The number of ether oxygens (including phenoxy) is 1. The Bertz CT molecular complexity index is 2820. The Labute approximate surface area is 390 Å². The third kappa shape index (κ3) is 8.88. The molecule has 5 heterocycles. The number of halogens is 1. The molecular weight excluding hydrogens is 874 g/mol. The normalized spacial score (nSPS) is 25.1. The van der Waals surface area contributed by atoms with E-state index in [1.54, 1.807) is 24.4 Å². The van der Waals surface area contributed by atoms with Crippen LogP contribution < -0.4 is 19.7 Å². The van der Waals surface area contributed by atoms with Crippen molar-refractivity contribution in [2.24, 2.45) is 11.3 Å². The molecule has 354 valence electrons. The number of carbonyl (C=O) groups excluding carboxylic acids is 1. The molecule has 0 radical (unpaired) electrons. The van der Waals surface area contributed by atoms with Gasteiger partial charge in [0.1, 0.15) is 17.1 Å². The average molecular weight is 934 g/mol. The summed E-state index contributed by atoms with van der Waals surface area (Å²) in [5.74, 6) is -1.04. The largest absolute Gasteiger partial charge is 0.452 e. The highest BCUT2D eigenvalue weighted by Crippen LogP contribution is 2.49. The van der Waals surface area contributed by atoms with Crippen LogP contribution in [0.5, 0.6) is 11.5 Å². The van der Waals surface area contributed by atoms with Gasteiger partial charge in [0.25, 0.3) is 27.6 Å². The lowest BCUT2D eigenvalue weighted by Crippen LogP contribution is -2.63. The third-order valence-corrected chi connectivity index (χ3v) is 17.1. The molecular formula is C51H60FN7O7S. The minimum absolute atomic E-state index is 0.0632. The lowest BCUT2D eigenvalue weighted by atomic mass is 9.70. The molecule has 3 aliphatic heterocycles. The number of carbonyl (C=O) groups is 1. The number of fused-ring (bicyclic) bond motifs is 2. The summed E-state index contributed by atoms with van der Waals surface area (Å²) in [6.45, 7) is 10.0. The van der Waals surface area contributed by atoms with Crippen molar-refractivity contribution < 1.29 is 32.4 Å². The van der Waals surface area contributed by atoms with Crippen molar-refractivity contribution in [3.63, 3.8) is 0 Å². The van der Waals surface area contributed by atoms with Crippen LogP contribution in [-0.2, 0) is 16.4 Å². The number of aromatic amines is 1. The van der Waals surface area contributed by atoms with Crippen molar-refractivity contribution in [1.29, 1.82) is 0 Å². The number of rotatable bonds is 11. The summed E-state index contributed by atoms with van der Waals surface area (Å²) in [5, 5.41) is 26.8. The Morgan fingerprint density at radius 1 is 0.985 bits per heavy atom. The number of nitro benzene ring substituents is 1. The van der Waals surface area contributed by atoms with Gasteiger partial charge in [-0.25, -0.2) is 13.1 Å². The average Bonchev–Trinajstić information content (AvgIpc) is 3.97. The highest BCUT2D eigenvalue weighted by atomic mass is 32.2. The van der Waals surface area contributed by atoms with Crippen LogP contribution in [-0.4, -0.2) is 83.1 Å². The van der Waals surface area contributed by atoms with Gasteiger partial charge in [-0.05, 0) is 141 Å². The van der Waals surface area contributed by atoms with Crippen LogP contribution in [0.4, 0.5) is 21.5 Å². The molecule has 16 heteroatoms. The van der Waals surface area contributed by atoms with Crippen LogP contribution in [0.3, 0.4) is 0 Å². The van der Waals surface area contributed by atoms with Gasteiger partial charge >= 0.3 is 0 Å². The molecule has 0 unspecified atom stereocenters. The molecule has 10 rings (SSSR count). The number of piperidine rings is 1. The Balaban J connectivity index is 0.866. The fourth-order valence-corrected chi connectivity index (χ4v) is 13.0. The number of hydrogen-bond donors (Lipinski definition) is 4. The van der Waals surface area contributed by atoms with Gasteiger partial charge in [0.2, 0.25) is 0 Å². The first-order valence-corrected chi connectivity index (χ1v) is 25.4. The van der Waals surface area contributed by atoms with Gasteiger partial charge in [-0.1, -0.05) is 44.5 Å². The van der Waals surface area contributed by atoms with E-state index in [9.17, 15) is 28.4 Å². The molecule has 3 aromatic carbocycles. The summed E-state index contributed by atoms with van der Waals surface area (Å²) in [6.07, 6.45) is 11.1. The standard InChI is InChI=1S/C51H60FN7O7S/c1-31(2)37-7-4-5-8-38(37)39-9-6-10-42(39)58-29-51(30-58)20-23-57(24-21-51)35-12-13-40(44(27-35)66-45-26-34-17-22-53-48(34)55-47(45)52)49(60)56-67(64,65)36-25-33-11-14-41(32-15-18-50(3,61)19-16-32)54-46(33)43(28-36)59(62)63/h4-5,7-8,12-13,17,22,25-28,31-32,39,41-42,54,61H,6,9-11,14-16,18-21,23-24,29-30H2,1-3H3,(H,53,55)(H,56,60)/t32?,39-,41-,42-,50?/m1/s1. The van der Waals surface area contributed by atoms with E-state index in [2.05, 4.69) is 67.9 Å². The molecule has 4 fully saturated rings. The molecule has 2 aliphatic carbocycles. The molecule has 67 heavy (non-hydrogen) atoms. The van der Waals surface area contributed by atoms with E-state index >= 15 is 4.39 Å². The lowest BCUT2D eigenvalue weighted by molar-refractivity contribution is -0.384. The lowest BCUT2D eigenvalue weighted by Gasteiger charge is -2.57. The number of hydrogen-bond acceptors (Lipinski definition) is 11. The number of nitrogens with zero attached hydrogens (tertiary/aromatic N) is 4. The zero-order valence-electron chi connectivity index (χ0n) is 38.4. The minimum Gasteiger partial charge on any atom is -0.452 e. The molecule has 3 atom stereocenters. The molecule has 2 aromatic heterocycles. The van der Waals surface area contributed by atoms with Crippen molar-refractivity contribution in [3.8, 4) is 11.5 Å². The SMILES string of the molecule is CC(C)c1ccccc1[C@H]1CCC[C@H]1N1CC2(CCN(c3ccc(C(=O)NS(=O)(=O)c4cc5c(c([N+](=O)[O-])c4)N[C@@H](C4CCC(C)(O)CC4)CC5)c(Oc4cc5cc[nH]c5nc4F)c3)CC2)C1. The quantitative estimate of drug-likeness (QED) is 0.0562. The number of pyridine rings is 1. The summed E-state index contributed by atoms with van der Waals surface area (Å²) >= 11 is 0. The van der Waals surface area contributed by atoms with Crippen molar-refractivity contribution >= 4 is 44.0 Å². The van der Waals surface area contributed by atoms with E-state index < -0.39 is 43.0 Å². The summed E-state index contributed by atoms with van der Waals surface area (Å²) in [4.78, 5) is 37.3. The molecule has 5 aromatic rings. The Hall–Kier alpha value is -5.58. The second-order valence-corrected chi connectivity index (χ2v) is 22.2. The van der Waals surface area contributed by atoms with Gasteiger partial charge in [-0.3, -0.25) is 19.8 Å². The summed E-state index contributed by atoms with van der Waals surface area (Å²) in [7, 11) is -4.66. The number of sulfonamides is 1. The van der Waals surface area contributed by atoms with Crippen LogP contribution >= 0.6 is 0 Å². The first-order chi connectivity index (χ1) is 32.1. The number of aryl methyl sites for hydroxylation is 1. The maximum atomic E-state index is 15.5. The topological polar surface area (TPSA) is 183 Å². The zero-order valence-corrected chi connectivity index (χ0v) is 39.2. The Morgan fingerprint density at radius 3 is 2.49 bits per heavy atom. The molecule has 2 saturated carbocycles. The number of benzene rings is 3. The maximum absolute atomic E-state index is 15.5. The first kappa shape index (κ1) is 45.2. The fraction of sp³-hybridized carbons (Fsp3) is 0.490. The van der Waals surface area contributed by atoms with Crippen LogP contribution in [0, 0.1) is 27.4 Å². The molecule has 2 saturated heterocycles. The second kappa shape index (κ2) is 17.5. The number of aliphatic hydroxyl groups is 1. The number of amides is 1. The van der Waals surface area contributed by atoms with Gasteiger partial charge < -0.3 is 25.0 Å². The van der Waals surface area contributed by atoms with E-state index in [0.717, 1.165) is 63.6 Å². The van der Waals surface area contributed by atoms with Gasteiger partial charge in [0.15, 0.2) is 5.75 Å². The first-order valence-electron chi connectivity index (χ1n) is 24.0. The number of nitro groups is 1. The molecule has 1 amide bonds. The van der Waals surface area contributed by atoms with Gasteiger partial charge in [0.05, 0.1) is 21.0 Å². The maximum Gasteiger partial charge on any atom is 0.293 e. The summed E-state index contributed by atoms with van der Waals surface area (Å²) in [5.41, 5.74) is 3.69. The molecule has 1 spiro atoms. The smallest absolute Gasteiger partial charge is 0.293 e. The van der Waals surface area contributed by atoms with Crippen LogP contribution in [0.25, 0.3) is 11.0 Å². The molecule has 5 aliphatic rings. The van der Waals surface area contributed by atoms with Crippen LogP contribution in [0.1, 0.15) is 124 Å². The molecule has 14 nitrogen and oxygen atoms in total. The van der Waals surface area contributed by atoms with Crippen molar-refractivity contribution in [3.05, 3.63) is 111 Å². The number of H-pyrrole nitrogens is 1.